The summed E-state index contributed by atoms with van der Waals surface area (Å²) in [5.74, 6) is 0.144. The van der Waals surface area contributed by atoms with E-state index in [4.69, 9.17) is 4.74 Å². The molecule has 1 aromatic carbocycles. The molecule has 0 spiro atoms. The van der Waals surface area contributed by atoms with Crippen LogP contribution in [0.3, 0.4) is 0 Å². The average Bonchev–Trinajstić information content (AvgIpc) is 3.14. The third-order valence-electron chi connectivity index (χ3n) is 4.62. The van der Waals surface area contributed by atoms with Crippen molar-refractivity contribution < 1.29 is 19.7 Å². The van der Waals surface area contributed by atoms with Crippen LogP contribution in [0.1, 0.15) is 50.5 Å². The molecular weight excluding hydrogens is 384 g/mol. The fraction of sp³-hybridized carbons (Fsp3) is 0.348. The van der Waals surface area contributed by atoms with Crippen LogP contribution in [0.15, 0.2) is 35.1 Å². The molecule has 1 aliphatic rings. The SMILES string of the molecule is CC.CC.COCc1c(C(O)C=O)cc2n(c1=O)Cc1cc3cc(O)ccc3nc1-2. The molecule has 2 N–H and O–H groups in total. The van der Waals surface area contributed by atoms with Crippen molar-refractivity contribution in [2.45, 2.75) is 47.0 Å². The van der Waals surface area contributed by atoms with Crippen LogP contribution in [0.4, 0.5) is 0 Å². The lowest BCUT2D eigenvalue weighted by Gasteiger charge is -2.14. The van der Waals surface area contributed by atoms with Gasteiger partial charge in [0, 0.05) is 29.2 Å². The summed E-state index contributed by atoms with van der Waals surface area (Å²) in [6.07, 6.45) is -1.02. The summed E-state index contributed by atoms with van der Waals surface area (Å²) in [6.45, 7) is 8.33. The molecule has 1 unspecified atom stereocenters. The zero-order valence-corrected chi connectivity index (χ0v) is 18.0. The van der Waals surface area contributed by atoms with E-state index in [2.05, 4.69) is 4.98 Å². The maximum atomic E-state index is 12.9. The monoisotopic (exact) mass is 412 g/mol. The molecule has 0 amide bonds. The van der Waals surface area contributed by atoms with Gasteiger partial charge >= 0.3 is 0 Å². The summed E-state index contributed by atoms with van der Waals surface area (Å²) in [4.78, 5) is 28.6. The molecule has 7 heteroatoms. The number of nitrogens with zero attached hydrogens (tertiary/aromatic N) is 2. The van der Waals surface area contributed by atoms with E-state index in [0.717, 1.165) is 10.9 Å². The van der Waals surface area contributed by atoms with Gasteiger partial charge in [-0.15, -0.1) is 0 Å². The van der Waals surface area contributed by atoms with Crippen molar-refractivity contribution in [2.75, 3.05) is 7.11 Å². The van der Waals surface area contributed by atoms with E-state index in [9.17, 15) is 19.8 Å². The minimum Gasteiger partial charge on any atom is -0.508 e. The topological polar surface area (TPSA) is 102 Å². The number of carbonyl (C=O) groups excluding carboxylic acids is 1. The molecule has 4 rings (SSSR count). The van der Waals surface area contributed by atoms with E-state index >= 15 is 0 Å². The minimum absolute atomic E-state index is 0.00102. The van der Waals surface area contributed by atoms with Gasteiger partial charge in [0.1, 0.15) is 11.9 Å². The lowest BCUT2D eigenvalue weighted by molar-refractivity contribution is -0.115. The summed E-state index contributed by atoms with van der Waals surface area (Å²) in [5.41, 5.74) is 2.87. The molecule has 0 aliphatic carbocycles. The first-order valence-corrected chi connectivity index (χ1v) is 10.1. The Balaban J connectivity index is 0.000000757. The van der Waals surface area contributed by atoms with E-state index in [1.807, 2.05) is 33.8 Å². The molecule has 30 heavy (non-hydrogen) atoms. The van der Waals surface area contributed by atoms with E-state index in [-0.39, 0.29) is 29.0 Å². The normalized spacial score (nSPS) is 12.1. The molecule has 1 atom stereocenters. The molecule has 0 bridgehead atoms. The summed E-state index contributed by atoms with van der Waals surface area (Å²) < 4.78 is 6.63. The molecule has 0 saturated carbocycles. The maximum absolute atomic E-state index is 12.9. The molecule has 1 aliphatic heterocycles. The molecular formula is C23H28N2O5. The number of rotatable bonds is 4. The van der Waals surface area contributed by atoms with Gasteiger partial charge in [0.25, 0.3) is 5.56 Å². The standard InChI is InChI=1S/C19H16N2O5.2C2H6/c1-26-9-14-13(17(24)8-22)6-16-18-11(7-21(16)19(14)25)4-10-5-12(23)2-3-15(10)20-18;2*1-2/h2-6,8,17,23-24H,7,9H2,1H3;2*1-2H3. The molecule has 3 aromatic rings. The number of ether oxygens (including phenoxy) is 1. The number of phenolic OH excluding ortho intramolecular Hbond substituents is 1. The summed E-state index contributed by atoms with van der Waals surface area (Å²) in [5, 5.41) is 20.5. The van der Waals surface area contributed by atoms with E-state index in [0.29, 0.717) is 29.7 Å². The van der Waals surface area contributed by atoms with Crippen LogP contribution in [0, 0.1) is 0 Å². The van der Waals surface area contributed by atoms with Crippen molar-refractivity contribution in [3.05, 3.63) is 57.4 Å². The van der Waals surface area contributed by atoms with Crippen LogP contribution in [-0.4, -0.2) is 33.2 Å². The Hall–Kier alpha value is -3.03. The molecule has 7 nitrogen and oxygen atoms in total. The van der Waals surface area contributed by atoms with Crippen LogP contribution in [0.2, 0.25) is 0 Å². The number of methoxy groups -OCH3 is 1. The van der Waals surface area contributed by atoms with Crippen molar-refractivity contribution in [3.63, 3.8) is 0 Å². The number of pyridine rings is 2. The zero-order chi connectivity index (χ0) is 22.4. The molecule has 0 radical (unpaired) electrons. The first kappa shape index (κ1) is 23.3. The Morgan fingerprint density at radius 1 is 1.20 bits per heavy atom. The number of aliphatic hydroxyl groups excluding tert-OH is 1. The Morgan fingerprint density at radius 3 is 2.53 bits per heavy atom. The van der Waals surface area contributed by atoms with Crippen molar-refractivity contribution in [3.8, 4) is 17.1 Å². The number of benzene rings is 1. The van der Waals surface area contributed by atoms with Crippen molar-refractivity contribution in [2.24, 2.45) is 0 Å². The molecule has 3 heterocycles. The number of aliphatic hydroxyl groups is 1. The third-order valence-corrected chi connectivity index (χ3v) is 4.62. The summed E-state index contributed by atoms with van der Waals surface area (Å²) in [6, 6.07) is 8.38. The van der Waals surface area contributed by atoms with E-state index in [1.165, 1.54) is 7.11 Å². The molecule has 2 aromatic heterocycles. The Labute approximate surface area is 175 Å². The highest BCUT2D eigenvalue weighted by atomic mass is 16.5. The van der Waals surface area contributed by atoms with Crippen molar-refractivity contribution in [1.82, 2.24) is 9.55 Å². The highest BCUT2D eigenvalue weighted by Crippen LogP contribution is 2.34. The van der Waals surface area contributed by atoms with Gasteiger partial charge in [-0.05, 0) is 30.3 Å². The van der Waals surface area contributed by atoms with Gasteiger partial charge < -0.3 is 24.3 Å². The van der Waals surface area contributed by atoms with Crippen molar-refractivity contribution >= 4 is 17.2 Å². The predicted octanol–water partition coefficient (Wildman–Crippen LogP) is 3.56. The predicted molar refractivity (Wildman–Crippen MR) is 117 cm³/mol. The Bertz CT molecular complexity index is 1100. The number of hydrogen-bond acceptors (Lipinski definition) is 6. The maximum Gasteiger partial charge on any atom is 0.257 e. The zero-order valence-electron chi connectivity index (χ0n) is 18.0. The lowest BCUT2D eigenvalue weighted by atomic mass is 10.0. The number of fused-ring (bicyclic) bond motifs is 4. The van der Waals surface area contributed by atoms with Crippen LogP contribution < -0.4 is 5.56 Å². The van der Waals surface area contributed by atoms with Gasteiger partial charge in [0.05, 0.1) is 30.1 Å². The molecule has 160 valence electrons. The number of carbonyl (C=O) groups is 1. The second-order valence-electron chi connectivity index (χ2n) is 6.24. The van der Waals surface area contributed by atoms with Crippen LogP contribution in [0.25, 0.3) is 22.3 Å². The highest BCUT2D eigenvalue weighted by Gasteiger charge is 2.27. The summed E-state index contributed by atoms with van der Waals surface area (Å²) >= 11 is 0. The average molecular weight is 412 g/mol. The quantitative estimate of drug-likeness (QED) is 0.497. The fourth-order valence-corrected chi connectivity index (χ4v) is 3.41. The third kappa shape index (κ3) is 4.13. The molecule has 0 fully saturated rings. The second kappa shape index (κ2) is 10.1. The van der Waals surface area contributed by atoms with E-state index < -0.39 is 6.10 Å². The molecule has 0 saturated heterocycles. The minimum atomic E-state index is -1.40. The van der Waals surface area contributed by atoms with Crippen LogP contribution in [-0.2, 0) is 22.7 Å². The van der Waals surface area contributed by atoms with Gasteiger partial charge in [0.2, 0.25) is 0 Å². The smallest absolute Gasteiger partial charge is 0.257 e. The van der Waals surface area contributed by atoms with E-state index in [1.54, 1.807) is 28.8 Å². The van der Waals surface area contributed by atoms with Gasteiger partial charge in [-0.1, -0.05) is 27.7 Å². The number of hydrogen-bond donors (Lipinski definition) is 2. The van der Waals surface area contributed by atoms with Gasteiger partial charge in [0.15, 0.2) is 6.29 Å². The first-order valence-electron chi connectivity index (χ1n) is 10.1. The first-order chi connectivity index (χ1) is 14.5. The fourth-order valence-electron chi connectivity index (χ4n) is 3.41. The van der Waals surface area contributed by atoms with Gasteiger partial charge in [-0.2, -0.15) is 0 Å². The Kier molecular flexibility index (Phi) is 7.86. The highest BCUT2D eigenvalue weighted by molar-refractivity contribution is 5.85. The van der Waals surface area contributed by atoms with Gasteiger partial charge in [-0.25, -0.2) is 4.98 Å². The second-order valence-corrected chi connectivity index (χ2v) is 6.24. The van der Waals surface area contributed by atoms with Gasteiger partial charge in [-0.3, -0.25) is 4.79 Å². The number of aromatic nitrogens is 2. The number of aromatic hydroxyl groups is 1. The summed E-state index contributed by atoms with van der Waals surface area (Å²) in [7, 11) is 1.45. The Morgan fingerprint density at radius 2 is 1.90 bits per heavy atom. The van der Waals surface area contributed by atoms with Crippen LogP contribution >= 0.6 is 0 Å². The van der Waals surface area contributed by atoms with Crippen LogP contribution in [0.5, 0.6) is 5.75 Å². The van der Waals surface area contributed by atoms with Crippen molar-refractivity contribution in [1.29, 1.82) is 0 Å². The number of aldehydes is 1. The largest absolute Gasteiger partial charge is 0.508 e. The lowest BCUT2D eigenvalue weighted by Crippen LogP contribution is -2.26. The number of phenols is 1.